The molecular formula is C21H24N2O5S. The van der Waals surface area contributed by atoms with Crippen molar-refractivity contribution in [2.45, 2.75) is 13.5 Å². The number of amides is 1. The van der Waals surface area contributed by atoms with Crippen molar-refractivity contribution in [2.24, 2.45) is 4.99 Å². The van der Waals surface area contributed by atoms with E-state index in [1.807, 2.05) is 23.6 Å². The topological polar surface area (TPSA) is 71.3 Å². The fourth-order valence-corrected chi connectivity index (χ4v) is 4.17. The average molecular weight is 416 g/mol. The van der Waals surface area contributed by atoms with Crippen molar-refractivity contribution in [3.63, 3.8) is 0 Å². The Bertz CT molecular complexity index is 1080. The molecule has 154 valence electrons. The summed E-state index contributed by atoms with van der Waals surface area (Å²) in [4.78, 5) is 18.0. The van der Waals surface area contributed by atoms with E-state index in [1.54, 1.807) is 19.2 Å². The molecule has 0 spiro atoms. The largest absolute Gasteiger partial charge is 0.493 e. The molecule has 0 aliphatic heterocycles. The van der Waals surface area contributed by atoms with Crippen LogP contribution in [0.1, 0.15) is 15.9 Å². The minimum atomic E-state index is -0.390. The van der Waals surface area contributed by atoms with Gasteiger partial charge in [0.15, 0.2) is 16.3 Å². The summed E-state index contributed by atoms with van der Waals surface area (Å²) in [5, 5.41) is 0. The molecule has 0 saturated heterocycles. The van der Waals surface area contributed by atoms with Crippen molar-refractivity contribution in [1.29, 1.82) is 0 Å². The van der Waals surface area contributed by atoms with Crippen molar-refractivity contribution in [2.75, 3.05) is 35.0 Å². The zero-order valence-corrected chi connectivity index (χ0v) is 18.0. The molecule has 1 heterocycles. The van der Waals surface area contributed by atoms with Gasteiger partial charge >= 0.3 is 0 Å². The molecule has 3 rings (SSSR count). The number of hydrogen-bond donors (Lipinski definition) is 0. The lowest BCUT2D eigenvalue weighted by Crippen LogP contribution is -2.19. The second kappa shape index (κ2) is 9.11. The molecule has 0 atom stereocenters. The summed E-state index contributed by atoms with van der Waals surface area (Å²) in [5.74, 6) is 0.854. The first-order valence-electron chi connectivity index (χ1n) is 9.00. The molecule has 0 N–H and O–H groups in total. The van der Waals surface area contributed by atoms with Gasteiger partial charge in [0.25, 0.3) is 5.91 Å². The second-order valence-corrected chi connectivity index (χ2v) is 7.34. The van der Waals surface area contributed by atoms with Crippen LogP contribution in [0.5, 0.6) is 17.2 Å². The van der Waals surface area contributed by atoms with Crippen LogP contribution in [-0.4, -0.2) is 45.5 Å². The second-order valence-electron chi connectivity index (χ2n) is 6.33. The average Bonchev–Trinajstić information content (AvgIpc) is 3.06. The maximum Gasteiger partial charge on any atom is 0.279 e. The molecule has 0 aliphatic carbocycles. The van der Waals surface area contributed by atoms with E-state index in [9.17, 15) is 4.79 Å². The van der Waals surface area contributed by atoms with Crippen LogP contribution in [-0.2, 0) is 11.3 Å². The van der Waals surface area contributed by atoms with E-state index in [0.29, 0.717) is 40.8 Å². The van der Waals surface area contributed by atoms with Crippen LogP contribution >= 0.6 is 11.3 Å². The normalized spacial score (nSPS) is 11.7. The molecule has 0 saturated carbocycles. The van der Waals surface area contributed by atoms with Gasteiger partial charge in [-0.05, 0) is 36.8 Å². The van der Waals surface area contributed by atoms with Gasteiger partial charge in [-0.15, -0.1) is 0 Å². The standard InChI is InChI=1S/C21H24N2O5S/c1-13-6-7-15-18(10-13)29-21(23(15)8-9-25-2)22-20(24)14-11-16(26-3)19(28-5)17(12-14)27-4/h6-7,10-12H,8-9H2,1-5H3. The molecule has 0 aliphatic rings. The first-order valence-corrected chi connectivity index (χ1v) is 9.82. The van der Waals surface area contributed by atoms with Gasteiger partial charge < -0.3 is 23.5 Å². The van der Waals surface area contributed by atoms with Gasteiger partial charge in [0, 0.05) is 19.2 Å². The number of ether oxygens (including phenoxy) is 4. The van der Waals surface area contributed by atoms with E-state index in [2.05, 4.69) is 11.1 Å². The monoisotopic (exact) mass is 416 g/mol. The molecule has 2 aromatic carbocycles. The molecule has 8 heteroatoms. The van der Waals surface area contributed by atoms with Gasteiger partial charge in [-0.3, -0.25) is 4.79 Å². The SMILES string of the molecule is COCCn1c(=NC(=O)c2cc(OC)c(OC)c(OC)c2)sc2cc(C)ccc21. The van der Waals surface area contributed by atoms with E-state index in [0.717, 1.165) is 15.8 Å². The number of fused-ring (bicyclic) bond motifs is 1. The minimum absolute atomic E-state index is 0.353. The molecule has 1 amide bonds. The molecule has 0 bridgehead atoms. The molecule has 3 aromatic rings. The Balaban J connectivity index is 2.12. The third-order valence-corrected chi connectivity index (χ3v) is 5.51. The Morgan fingerprint density at radius 3 is 2.31 bits per heavy atom. The fourth-order valence-electron chi connectivity index (χ4n) is 3.02. The van der Waals surface area contributed by atoms with Crippen LogP contribution in [0.4, 0.5) is 0 Å². The smallest absolute Gasteiger partial charge is 0.279 e. The highest BCUT2D eigenvalue weighted by molar-refractivity contribution is 7.16. The highest BCUT2D eigenvalue weighted by atomic mass is 32.1. The van der Waals surface area contributed by atoms with Crippen molar-refractivity contribution in [3.8, 4) is 17.2 Å². The number of methoxy groups -OCH3 is 4. The van der Waals surface area contributed by atoms with E-state index in [1.165, 1.54) is 32.7 Å². The van der Waals surface area contributed by atoms with Gasteiger partial charge in [0.2, 0.25) is 5.75 Å². The van der Waals surface area contributed by atoms with Crippen molar-refractivity contribution in [3.05, 3.63) is 46.3 Å². The summed E-state index contributed by atoms with van der Waals surface area (Å²) in [6.45, 7) is 3.16. The highest BCUT2D eigenvalue weighted by Crippen LogP contribution is 2.38. The van der Waals surface area contributed by atoms with E-state index < -0.39 is 5.91 Å². The minimum Gasteiger partial charge on any atom is -0.493 e. The number of aryl methyl sites for hydroxylation is 1. The molecule has 1 aromatic heterocycles. The number of thiazole rings is 1. The maximum absolute atomic E-state index is 13.0. The van der Waals surface area contributed by atoms with Crippen LogP contribution in [0, 0.1) is 6.92 Å². The summed E-state index contributed by atoms with van der Waals surface area (Å²) in [7, 11) is 6.19. The molecule has 0 radical (unpaired) electrons. The number of carbonyl (C=O) groups excluding carboxylic acids is 1. The van der Waals surface area contributed by atoms with Crippen molar-refractivity contribution < 1.29 is 23.7 Å². The van der Waals surface area contributed by atoms with Crippen LogP contribution in [0.3, 0.4) is 0 Å². The molecular weight excluding hydrogens is 392 g/mol. The number of hydrogen-bond acceptors (Lipinski definition) is 6. The summed E-state index contributed by atoms with van der Waals surface area (Å²) >= 11 is 1.47. The lowest BCUT2D eigenvalue weighted by Gasteiger charge is -2.12. The third-order valence-electron chi connectivity index (χ3n) is 4.47. The van der Waals surface area contributed by atoms with Crippen LogP contribution in [0.15, 0.2) is 35.3 Å². The Kier molecular flexibility index (Phi) is 6.56. The Hall–Kier alpha value is -2.84. The zero-order chi connectivity index (χ0) is 21.0. The summed E-state index contributed by atoms with van der Waals surface area (Å²) in [6, 6.07) is 9.38. The number of benzene rings is 2. The number of rotatable bonds is 7. The molecule has 29 heavy (non-hydrogen) atoms. The summed E-state index contributed by atoms with van der Waals surface area (Å²) in [5.41, 5.74) is 2.53. The predicted octanol–water partition coefficient (Wildman–Crippen LogP) is 3.42. The summed E-state index contributed by atoms with van der Waals surface area (Å²) < 4.78 is 24.3. The van der Waals surface area contributed by atoms with E-state index in [4.69, 9.17) is 18.9 Å². The van der Waals surface area contributed by atoms with Gasteiger partial charge in [0.1, 0.15) is 0 Å². The van der Waals surface area contributed by atoms with Gasteiger partial charge in [-0.1, -0.05) is 17.4 Å². The number of aromatic nitrogens is 1. The molecule has 0 unspecified atom stereocenters. The Morgan fingerprint density at radius 2 is 1.72 bits per heavy atom. The lowest BCUT2D eigenvalue weighted by atomic mass is 10.1. The predicted molar refractivity (Wildman–Crippen MR) is 112 cm³/mol. The van der Waals surface area contributed by atoms with Crippen LogP contribution in [0.2, 0.25) is 0 Å². The third kappa shape index (κ3) is 4.28. The van der Waals surface area contributed by atoms with Crippen LogP contribution in [0.25, 0.3) is 10.2 Å². The Morgan fingerprint density at radius 1 is 1.03 bits per heavy atom. The first-order chi connectivity index (χ1) is 14.0. The van der Waals surface area contributed by atoms with Gasteiger partial charge in [-0.25, -0.2) is 0 Å². The lowest BCUT2D eigenvalue weighted by molar-refractivity contribution is 0.0996. The molecule has 0 fully saturated rings. The number of nitrogens with zero attached hydrogens (tertiary/aromatic N) is 2. The van der Waals surface area contributed by atoms with E-state index >= 15 is 0 Å². The fraction of sp³-hybridized carbons (Fsp3) is 0.333. The highest BCUT2D eigenvalue weighted by Gasteiger charge is 2.17. The van der Waals surface area contributed by atoms with E-state index in [-0.39, 0.29) is 0 Å². The maximum atomic E-state index is 13.0. The Labute approximate surface area is 173 Å². The zero-order valence-electron chi connectivity index (χ0n) is 17.1. The van der Waals surface area contributed by atoms with Crippen molar-refractivity contribution in [1.82, 2.24) is 4.57 Å². The summed E-state index contributed by atoms with van der Waals surface area (Å²) in [6.07, 6.45) is 0. The van der Waals surface area contributed by atoms with Gasteiger partial charge in [-0.2, -0.15) is 4.99 Å². The van der Waals surface area contributed by atoms with Crippen molar-refractivity contribution >= 4 is 27.5 Å². The first kappa shape index (κ1) is 20.9. The van der Waals surface area contributed by atoms with Gasteiger partial charge in [0.05, 0.1) is 38.2 Å². The number of carbonyl (C=O) groups is 1. The van der Waals surface area contributed by atoms with Crippen LogP contribution < -0.4 is 19.0 Å². The molecule has 7 nitrogen and oxygen atoms in total. The quantitative estimate of drug-likeness (QED) is 0.590.